The number of nitrogens with zero attached hydrogens (tertiary/aromatic N) is 2. The fraction of sp³-hybridized carbons (Fsp3) is 0.526. The van der Waals surface area contributed by atoms with E-state index in [0.29, 0.717) is 32.9 Å². The number of rotatable bonds is 9. The van der Waals surface area contributed by atoms with Crippen molar-refractivity contribution in [3.63, 3.8) is 0 Å². The van der Waals surface area contributed by atoms with Crippen LogP contribution in [0.2, 0.25) is 0 Å². The molecule has 27 heavy (non-hydrogen) atoms. The van der Waals surface area contributed by atoms with E-state index in [1.165, 1.54) is 6.21 Å². The van der Waals surface area contributed by atoms with E-state index in [-0.39, 0.29) is 0 Å². The monoisotopic (exact) mass is 376 g/mol. The second-order valence-electron chi connectivity index (χ2n) is 6.18. The normalized spacial score (nSPS) is 14.9. The number of ether oxygens (including phenoxy) is 2. The summed E-state index contributed by atoms with van der Waals surface area (Å²) >= 11 is 0. The van der Waals surface area contributed by atoms with E-state index in [2.05, 4.69) is 27.7 Å². The van der Waals surface area contributed by atoms with E-state index in [1.807, 2.05) is 24.3 Å². The van der Waals surface area contributed by atoms with Gasteiger partial charge in [0.25, 0.3) is 0 Å². The lowest BCUT2D eigenvalue weighted by molar-refractivity contribution is -0.139. The van der Waals surface area contributed by atoms with Gasteiger partial charge in [-0.15, -0.1) is 0 Å². The number of hydrogen-bond donors (Lipinski definition) is 2. The van der Waals surface area contributed by atoms with E-state index in [9.17, 15) is 9.59 Å². The minimum atomic E-state index is -0.784. The molecule has 1 aromatic carbocycles. The summed E-state index contributed by atoms with van der Waals surface area (Å²) in [6.45, 7) is 7.00. The van der Waals surface area contributed by atoms with Crippen LogP contribution in [0, 0.1) is 0 Å². The third-order valence-electron chi connectivity index (χ3n) is 4.05. The van der Waals surface area contributed by atoms with Crippen LogP contribution in [0.15, 0.2) is 29.4 Å². The molecule has 2 amide bonds. The molecule has 148 valence electrons. The Bertz CT molecular complexity index is 613. The first kappa shape index (κ1) is 20.9. The van der Waals surface area contributed by atoms with Crippen LogP contribution in [0.5, 0.6) is 5.75 Å². The number of carbonyl (C=O) groups excluding carboxylic acids is 2. The van der Waals surface area contributed by atoms with Gasteiger partial charge in [0.05, 0.1) is 26.0 Å². The highest BCUT2D eigenvalue weighted by molar-refractivity contribution is 6.35. The predicted octanol–water partition coefficient (Wildman–Crippen LogP) is 0.764. The smallest absolute Gasteiger partial charge is 0.329 e. The highest BCUT2D eigenvalue weighted by atomic mass is 16.5. The average Bonchev–Trinajstić information content (AvgIpc) is 2.70. The Morgan fingerprint density at radius 1 is 1.22 bits per heavy atom. The molecule has 0 unspecified atom stereocenters. The van der Waals surface area contributed by atoms with Crippen LogP contribution in [-0.2, 0) is 14.3 Å². The predicted molar refractivity (Wildman–Crippen MR) is 103 cm³/mol. The van der Waals surface area contributed by atoms with Crippen LogP contribution in [0.25, 0.3) is 0 Å². The van der Waals surface area contributed by atoms with Crippen LogP contribution in [0.4, 0.5) is 0 Å². The quantitative estimate of drug-likeness (QED) is 0.287. The third kappa shape index (κ3) is 8.19. The summed E-state index contributed by atoms with van der Waals surface area (Å²) in [5.41, 5.74) is 3.03. The molecule has 0 radical (unpaired) electrons. The Hall–Kier alpha value is -2.45. The summed E-state index contributed by atoms with van der Waals surface area (Å²) in [7, 11) is 0. The zero-order valence-corrected chi connectivity index (χ0v) is 15.8. The third-order valence-corrected chi connectivity index (χ3v) is 4.05. The lowest BCUT2D eigenvalue weighted by Crippen LogP contribution is -2.44. The Labute approximate surface area is 159 Å². The molecule has 0 atom stereocenters. The maximum Gasteiger partial charge on any atom is 0.329 e. The maximum atomic E-state index is 11.7. The number of morpholine rings is 1. The van der Waals surface area contributed by atoms with Crippen molar-refractivity contribution in [2.24, 2.45) is 5.10 Å². The second kappa shape index (κ2) is 12.0. The highest BCUT2D eigenvalue weighted by Crippen LogP contribution is 2.11. The summed E-state index contributed by atoms with van der Waals surface area (Å²) in [5, 5.41) is 6.40. The van der Waals surface area contributed by atoms with Gasteiger partial charge in [0, 0.05) is 26.2 Å². The number of nitrogens with one attached hydrogen (secondary N) is 2. The van der Waals surface area contributed by atoms with Crippen molar-refractivity contribution in [2.45, 2.75) is 19.8 Å². The topological polar surface area (TPSA) is 92.3 Å². The van der Waals surface area contributed by atoms with Gasteiger partial charge in [-0.1, -0.05) is 13.3 Å². The summed E-state index contributed by atoms with van der Waals surface area (Å²) in [4.78, 5) is 25.6. The molecule has 2 rings (SSSR count). The van der Waals surface area contributed by atoms with E-state index in [4.69, 9.17) is 9.47 Å². The Kier molecular flexibility index (Phi) is 9.29. The fourth-order valence-electron chi connectivity index (χ4n) is 2.43. The number of unbranched alkanes of at least 4 members (excludes halogenated alkanes) is 1. The molecule has 8 nitrogen and oxygen atoms in total. The van der Waals surface area contributed by atoms with Gasteiger partial charge in [-0.3, -0.25) is 14.5 Å². The summed E-state index contributed by atoms with van der Waals surface area (Å²) in [6.07, 6.45) is 3.59. The van der Waals surface area contributed by atoms with Gasteiger partial charge in [0.2, 0.25) is 0 Å². The molecule has 1 aromatic rings. The van der Waals surface area contributed by atoms with Gasteiger partial charge in [0.15, 0.2) is 0 Å². The van der Waals surface area contributed by atoms with Gasteiger partial charge in [-0.05, 0) is 36.2 Å². The summed E-state index contributed by atoms with van der Waals surface area (Å²) < 4.78 is 10.8. The zero-order chi connectivity index (χ0) is 19.3. The molecule has 8 heteroatoms. The number of benzene rings is 1. The molecule has 1 saturated heterocycles. The number of hydrazone groups is 1. The largest absolute Gasteiger partial charge is 0.494 e. The molecule has 0 aromatic heterocycles. The Balaban J connectivity index is 1.65. The van der Waals surface area contributed by atoms with Gasteiger partial charge >= 0.3 is 11.8 Å². The molecule has 0 spiro atoms. The van der Waals surface area contributed by atoms with Gasteiger partial charge < -0.3 is 14.8 Å². The molecule has 1 fully saturated rings. The molecular weight excluding hydrogens is 348 g/mol. The van der Waals surface area contributed by atoms with Crippen molar-refractivity contribution in [1.82, 2.24) is 15.6 Å². The number of amides is 2. The van der Waals surface area contributed by atoms with Crippen molar-refractivity contribution < 1.29 is 19.1 Å². The Morgan fingerprint density at radius 2 is 1.96 bits per heavy atom. The maximum absolute atomic E-state index is 11.7. The van der Waals surface area contributed by atoms with Crippen LogP contribution < -0.4 is 15.5 Å². The van der Waals surface area contributed by atoms with Crippen LogP contribution in [-0.4, -0.2) is 68.9 Å². The molecule has 1 aliphatic rings. The lowest BCUT2D eigenvalue weighted by Gasteiger charge is -2.26. The van der Waals surface area contributed by atoms with Crippen molar-refractivity contribution in [2.75, 3.05) is 46.0 Å². The molecule has 2 N–H and O–H groups in total. The van der Waals surface area contributed by atoms with E-state index in [1.54, 1.807) is 0 Å². The Morgan fingerprint density at radius 3 is 2.67 bits per heavy atom. The molecule has 0 saturated carbocycles. The van der Waals surface area contributed by atoms with Gasteiger partial charge in [-0.2, -0.15) is 5.10 Å². The molecule has 1 heterocycles. The minimum absolute atomic E-state index is 0.412. The number of carbonyl (C=O) groups is 2. The second-order valence-corrected chi connectivity index (χ2v) is 6.18. The van der Waals surface area contributed by atoms with Crippen LogP contribution in [0.3, 0.4) is 0 Å². The number of hydrogen-bond acceptors (Lipinski definition) is 6. The SMILES string of the molecule is CCCCOc1ccc(/C=N/NC(=O)C(=O)NCCN2CCOCC2)cc1. The van der Waals surface area contributed by atoms with Crippen LogP contribution >= 0.6 is 0 Å². The fourth-order valence-corrected chi connectivity index (χ4v) is 2.43. The molecule has 0 aliphatic carbocycles. The van der Waals surface area contributed by atoms with Crippen molar-refractivity contribution >= 4 is 18.0 Å². The van der Waals surface area contributed by atoms with Crippen LogP contribution in [0.1, 0.15) is 25.3 Å². The van der Waals surface area contributed by atoms with E-state index >= 15 is 0 Å². The van der Waals surface area contributed by atoms with Crippen molar-refractivity contribution in [3.8, 4) is 5.75 Å². The highest BCUT2D eigenvalue weighted by Gasteiger charge is 2.14. The summed E-state index contributed by atoms with van der Waals surface area (Å²) in [6, 6.07) is 7.35. The van der Waals surface area contributed by atoms with Gasteiger partial charge in [0.1, 0.15) is 5.75 Å². The first-order chi connectivity index (χ1) is 13.2. The first-order valence-electron chi connectivity index (χ1n) is 9.33. The molecular formula is C19H28N4O4. The van der Waals surface area contributed by atoms with E-state index < -0.39 is 11.8 Å². The first-order valence-corrected chi connectivity index (χ1v) is 9.33. The van der Waals surface area contributed by atoms with E-state index in [0.717, 1.165) is 37.2 Å². The minimum Gasteiger partial charge on any atom is -0.494 e. The van der Waals surface area contributed by atoms with Crippen molar-refractivity contribution in [1.29, 1.82) is 0 Å². The molecule has 0 bridgehead atoms. The standard InChI is InChI=1S/C19H28N4O4/c1-2-3-12-27-17-6-4-16(5-7-17)15-21-22-19(25)18(24)20-8-9-23-10-13-26-14-11-23/h4-7,15H,2-3,8-14H2,1H3,(H,20,24)(H,22,25)/b21-15+. The molecule has 1 aliphatic heterocycles. The average molecular weight is 376 g/mol. The lowest BCUT2D eigenvalue weighted by atomic mass is 10.2. The van der Waals surface area contributed by atoms with Crippen molar-refractivity contribution in [3.05, 3.63) is 29.8 Å². The summed E-state index contributed by atoms with van der Waals surface area (Å²) in [5.74, 6) is -0.683. The zero-order valence-electron chi connectivity index (χ0n) is 15.8. The van der Waals surface area contributed by atoms with Gasteiger partial charge in [-0.25, -0.2) is 5.43 Å².